The van der Waals surface area contributed by atoms with Crippen LogP contribution in [0.25, 0.3) is 0 Å². The summed E-state index contributed by atoms with van der Waals surface area (Å²) in [5, 5.41) is 9.75. The van der Waals surface area contributed by atoms with Gasteiger partial charge in [-0.1, -0.05) is 48.0 Å². The van der Waals surface area contributed by atoms with Crippen LogP contribution in [0.2, 0.25) is 5.02 Å². The minimum atomic E-state index is -1.17. The van der Waals surface area contributed by atoms with E-state index in [0.29, 0.717) is 22.6 Å². The lowest BCUT2D eigenvalue weighted by Gasteiger charge is -2.43. The van der Waals surface area contributed by atoms with E-state index in [0.717, 1.165) is 11.1 Å². The summed E-state index contributed by atoms with van der Waals surface area (Å²) >= 11 is 9.41. The summed E-state index contributed by atoms with van der Waals surface area (Å²) in [6.45, 7) is 5.42. The van der Waals surface area contributed by atoms with Gasteiger partial charge in [0.15, 0.2) is 6.61 Å². The summed E-state index contributed by atoms with van der Waals surface area (Å²) < 4.78 is 41.3. The largest absolute Gasteiger partial charge is 0.480 e. The van der Waals surface area contributed by atoms with E-state index >= 15 is 0 Å². The van der Waals surface area contributed by atoms with E-state index in [4.69, 9.17) is 26.2 Å². The number of halogens is 4. The molecular weight excluding hydrogens is 554 g/mol. The maximum atomic E-state index is 14.6. The molecule has 1 saturated heterocycles. The van der Waals surface area contributed by atoms with E-state index in [-0.39, 0.29) is 22.1 Å². The van der Waals surface area contributed by atoms with E-state index in [2.05, 4.69) is 22.5 Å². The number of hydrogen-bond acceptors (Lipinski definition) is 3. The Morgan fingerprint density at radius 1 is 1.11 bits per heavy atom. The molecule has 4 nitrogen and oxygen atoms in total. The smallest absolute Gasteiger partial charge is 0.341 e. The van der Waals surface area contributed by atoms with Gasteiger partial charge in [-0.05, 0) is 76.8 Å². The normalized spacial score (nSPS) is 21.7. The summed E-state index contributed by atoms with van der Waals surface area (Å²) in [7, 11) is 0. The lowest BCUT2D eigenvalue weighted by atomic mass is 9.74. The van der Waals surface area contributed by atoms with Gasteiger partial charge in [-0.3, -0.25) is 0 Å². The van der Waals surface area contributed by atoms with E-state index in [1.165, 1.54) is 24.3 Å². The van der Waals surface area contributed by atoms with Gasteiger partial charge in [-0.25, -0.2) is 13.6 Å². The first-order chi connectivity index (χ1) is 17.1. The highest BCUT2D eigenvalue weighted by Crippen LogP contribution is 2.54. The molecule has 1 N–H and O–H groups in total. The van der Waals surface area contributed by atoms with Crippen LogP contribution < -0.4 is 4.74 Å². The third-order valence-electron chi connectivity index (χ3n) is 6.32. The minimum Gasteiger partial charge on any atom is -0.480 e. The molecule has 3 aromatic carbocycles. The molecule has 1 heterocycles. The van der Waals surface area contributed by atoms with Crippen LogP contribution in [0.1, 0.15) is 48.2 Å². The van der Waals surface area contributed by atoms with Crippen molar-refractivity contribution in [2.75, 3.05) is 6.61 Å². The third kappa shape index (κ3) is 5.80. The Bertz CT molecular complexity index is 1280. The third-order valence-corrected chi connectivity index (χ3v) is 7.16. The van der Waals surface area contributed by atoms with Crippen molar-refractivity contribution >= 4 is 33.5 Å². The first kappa shape index (κ1) is 26.3. The van der Waals surface area contributed by atoms with Crippen LogP contribution in [-0.4, -0.2) is 17.7 Å². The molecule has 4 atom stereocenters. The fraction of sp³-hybridized carbons (Fsp3) is 0.250. The summed E-state index contributed by atoms with van der Waals surface area (Å²) in [5.41, 5.74) is 2.75. The number of carbonyl (C=O) groups is 1. The lowest BCUT2D eigenvalue weighted by molar-refractivity contribution is -0.139. The molecule has 0 amide bonds. The minimum absolute atomic E-state index is 0.178. The van der Waals surface area contributed by atoms with Crippen molar-refractivity contribution in [1.82, 2.24) is 0 Å². The highest BCUT2D eigenvalue weighted by molar-refractivity contribution is 9.10. The SMILES string of the molecule is C=C(C)[C@H]1C[C@H](c2ccc(Cl)cc2)[C@H](c2cccc(F)c2)O[C@@H]1c1cc(F)cc(Br)c1OCC(=O)O. The molecule has 0 saturated carbocycles. The molecule has 4 rings (SSSR count). The lowest BCUT2D eigenvalue weighted by Crippen LogP contribution is -2.32. The molecule has 8 heteroatoms. The molecule has 0 aromatic heterocycles. The van der Waals surface area contributed by atoms with Crippen molar-refractivity contribution in [3.63, 3.8) is 0 Å². The Labute approximate surface area is 221 Å². The molecule has 1 aliphatic rings. The number of carboxylic acids is 1. The Hall–Kier alpha value is -2.74. The van der Waals surface area contributed by atoms with Crippen LogP contribution in [-0.2, 0) is 9.53 Å². The van der Waals surface area contributed by atoms with Gasteiger partial charge in [0.1, 0.15) is 17.4 Å². The van der Waals surface area contributed by atoms with Gasteiger partial charge in [0.2, 0.25) is 0 Å². The molecule has 0 aliphatic carbocycles. The highest BCUT2D eigenvalue weighted by atomic mass is 79.9. The molecular formula is C28H24BrClF2O4. The van der Waals surface area contributed by atoms with E-state index in [1.807, 2.05) is 19.1 Å². The molecule has 188 valence electrons. The van der Waals surface area contributed by atoms with Crippen molar-refractivity contribution in [3.05, 3.63) is 111 Å². The predicted molar refractivity (Wildman–Crippen MR) is 137 cm³/mol. The van der Waals surface area contributed by atoms with E-state index < -0.39 is 36.4 Å². The van der Waals surface area contributed by atoms with Crippen molar-refractivity contribution in [2.45, 2.75) is 31.5 Å². The second kappa shape index (κ2) is 11.1. The summed E-state index contributed by atoms with van der Waals surface area (Å²) in [5.74, 6) is -2.37. The van der Waals surface area contributed by atoms with Gasteiger partial charge in [0.05, 0.1) is 16.7 Å². The van der Waals surface area contributed by atoms with Crippen LogP contribution in [0.3, 0.4) is 0 Å². The van der Waals surface area contributed by atoms with Crippen molar-refractivity contribution < 1.29 is 28.2 Å². The first-order valence-corrected chi connectivity index (χ1v) is 12.5. The van der Waals surface area contributed by atoms with E-state index in [1.54, 1.807) is 24.3 Å². The number of ether oxygens (including phenoxy) is 2. The number of rotatable bonds is 7. The molecule has 36 heavy (non-hydrogen) atoms. The fourth-order valence-electron chi connectivity index (χ4n) is 4.71. The van der Waals surface area contributed by atoms with Crippen LogP contribution in [0.5, 0.6) is 5.75 Å². The summed E-state index contributed by atoms with van der Waals surface area (Å²) in [4.78, 5) is 11.2. The van der Waals surface area contributed by atoms with Crippen LogP contribution >= 0.6 is 27.5 Å². The predicted octanol–water partition coefficient (Wildman–Crippen LogP) is 8.02. The van der Waals surface area contributed by atoms with Crippen molar-refractivity contribution in [2.24, 2.45) is 5.92 Å². The highest BCUT2D eigenvalue weighted by Gasteiger charge is 2.42. The Morgan fingerprint density at radius 3 is 2.47 bits per heavy atom. The standard InChI is InChI=1S/C28H24BrClF2O4/c1-15(2)21-13-22(16-6-8-18(30)9-7-16)26(17-4-3-5-19(31)10-17)36-27(21)23-11-20(32)12-24(29)28(23)35-14-25(33)34/h3-12,21-22,26-27H,1,13-14H2,2H3,(H,33,34)/t21-,22-,26+,27+/m1/s1. The van der Waals surface area contributed by atoms with Crippen LogP contribution in [0.4, 0.5) is 8.78 Å². The molecule has 1 fully saturated rings. The number of hydrogen-bond donors (Lipinski definition) is 1. The topological polar surface area (TPSA) is 55.8 Å². The maximum Gasteiger partial charge on any atom is 0.341 e. The average molecular weight is 578 g/mol. The number of benzene rings is 3. The van der Waals surface area contributed by atoms with Gasteiger partial charge in [-0.2, -0.15) is 0 Å². The molecule has 1 aliphatic heterocycles. The van der Waals surface area contributed by atoms with Crippen LogP contribution in [0, 0.1) is 17.6 Å². The number of aliphatic carboxylic acids is 1. The van der Waals surface area contributed by atoms with Gasteiger partial charge in [0, 0.05) is 22.4 Å². The quantitative estimate of drug-likeness (QED) is 0.289. The Kier molecular flexibility index (Phi) is 8.13. The molecule has 0 unspecified atom stereocenters. The van der Waals surface area contributed by atoms with Crippen molar-refractivity contribution in [3.8, 4) is 5.75 Å². The average Bonchev–Trinajstić information content (AvgIpc) is 2.82. The zero-order valence-corrected chi connectivity index (χ0v) is 21.7. The second-order valence-corrected chi connectivity index (χ2v) is 10.2. The fourth-order valence-corrected chi connectivity index (χ4v) is 5.40. The van der Waals surface area contributed by atoms with E-state index in [9.17, 15) is 13.6 Å². The zero-order valence-electron chi connectivity index (χ0n) is 19.4. The van der Waals surface area contributed by atoms with Crippen molar-refractivity contribution in [1.29, 1.82) is 0 Å². The molecule has 0 bridgehead atoms. The van der Waals surface area contributed by atoms with Gasteiger partial charge in [-0.15, -0.1) is 0 Å². The van der Waals surface area contributed by atoms with Gasteiger partial charge >= 0.3 is 5.97 Å². The summed E-state index contributed by atoms with van der Waals surface area (Å²) in [6.07, 6.45) is -0.748. The molecule has 0 spiro atoms. The maximum absolute atomic E-state index is 14.6. The zero-order chi connectivity index (χ0) is 26.0. The molecule has 0 radical (unpaired) electrons. The number of carboxylic acid groups (broad SMARTS) is 1. The monoisotopic (exact) mass is 576 g/mol. The Morgan fingerprint density at radius 2 is 1.83 bits per heavy atom. The first-order valence-electron chi connectivity index (χ1n) is 11.3. The Balaban J connectivity index is 1.84. The van der Waals surface area contributed by atoms with Gasteiger partial charge < -0.3 is 14.6 Å². The summed E-state index contributed by atoms with van der Waals surface area (Å²) in [6, 6.07) is 16.1. The molecule has 3 aromatic rings. The van der Waals surface area contributed by atoms with Crippen LogP contribution in [0.15, 0.2) is 77.3 Å². The van der Waals surface area contributed by atoms with Gasteiger partial charge in [0.25, 0.3) is 0 Å². The second-order valence-electron chi connectivity index (χ2n) is 8.87.